The Balaban J connectivity index is 2.22. The maximum absolute atomic E-state index is 5.58. The lowest BCUT2D eigenvalue weighted by molar-refractivity contribution is 0.517. The van der Waals surface area contributed by atoms with E-state index < -0.39 is 0 Å². The number of hydrogen-bond acceptors (Lipinski definition) is 4. The molecule has 2 heterocycles. The van der Waals surface area contributed by atoms with E-state index in [4.69, 9.17) is 5.73 Å². The number of thiazole rings is 1. The summed E-state index contributed by atoms with van der Waals surface area (Å²) in [7, 11) is 0. The van der Waals surface area contributed by atoms with Crippen LogP contribution in [0.1, 0.15) is 31.6 Å². The van der Waals surface area contributed by atoms with E-state index in [-0.39, 0.29) is 5.54 Å². The Hall–Kier alpha value is -0.610. The smallest absolute Gasteiger partial charge is 0.185 e. The second-order valence-corrected chi connectivity index (χ2v) is 5.47. The fourth-order valence-electron chi connectivity index (χ4n) is 1.98. The molecule has 1 fully saturated rings. The van der Waals surface area contributed by atoms with Crippen LogP contribution in [0.4, 0.5) is 5.13 Å². The topological polar surface area (TPSA) is 42.2 Å². The first kappa shape index (κ1) is 9.93. The molecule has 1 aromatic rings. The predicted molar refractivity (Wildman–Crippen MR) is 60.7 cm³/mol. The Morgan fingerprint density at radius 1 is 1.64 bits per heavy atom. The third kappa shape index (κ3) is 1.64. The SMILES string of the molecule is CC1(C)CCCN1c1ncc(CN)s1. The van der Waals surface area contributed by atoms with Gasteiger partial charge in [-0.25, -0.2) is 4.98 Å². The van der Waals surface area contributed by atoms with Crippen molar-refractivity contribution in [1.29, 1.82) is 0 Å². The summed E-state index contributed by atoms with van der Waals surface area (Å²) >= 11 is 1.72. The molecule has 1 aliphatic rings. The zero-order valence-electron chi connectivity index (χ0n) is 8.79. The molecule has 0 spiro atoms. The minimum atomic E-state index is 0.268. The van der Waals surface area contributed by atoms with Crippen molar-refractivity contribution in [3.63, 3.8) is 0 Å². The van der Waals surface area contributed by atoms with Crippen LogP contribution in [0.15, 0.2) is 6.20 Å². The molecule has 1 aliphatic heterocycles. The number of aromatic nitrogens is 1. The monoisotopic (exact) mass is 211 g/mol. The van der Waals surface area contributed by atoms with Gasteiger partial charge in [-0.1, -0.05) is 0 Å². The van der Waals surface area contributed by atoms with Gasteiger partial charge in [0.2, 0.25) is 0 Å². The second kappa shape index (κ2) is 3.51. The van der Waals surface area contributed by atoms with Crippen molar-refractivity contribution >= 4 is 16.5 Å². The largest absolute Gasteiger partial charge is 0.343 e. The highest BCUT2D eigenvalue weighted by Crippen LogP contribution is 2.35. The van der Waals surface area contributed by atoms with Crippen molar-refractivity contribution in [1.82, 2.24) is 4.98 Å². The van der Waals surface area contributed by atoms with E-state index in [2.05, 4.69) is 23.7 Å². The van der Waals surface area contributed by atoms with Crippen LogP contribution in [0.3, 0.4) is 0 Å². The summed E-state index contributed by atoms with van der Waals surface area (Å²) in [6, 6.07) is 0. The Labute approximate surface area is 88.9 Å². The minimum Gasteiger partial charge on any atom is -0.343 e. The predicted octanol–water partition coefficient (Wildman–Crippen LogP) is 1.98. The molecular formula is C10H17N3S. The molecule has 78 valence electrons. The average molecular weight is 211 g/mol. The van der Waals surface area contributed by atoms with Crippen molar-refractivity contribution in [2.24, 2.45) is 5.73 Å². The van der Waals surface area contributed by atoms with E-state index in [1.165, 1.54) is 17.7 Å². The summed E-state index contributed by atoms with van der Waals surface area (Å²) < 4.78 is 0. The molecule has 0 saturated carbocycles. The van der Waals surface area contributed by atoms with E-state index >= 15 is 0 Å². The lowest BCUT2D eigenvalue weighted by atomic mass is 10.0. The summed E-state index contributed by atoms with van der Waals surface area (Å²) in [6.45, 7) is 6.30. The van der Waals surface area contributed by atoms with E-state index in [0.29, 0.717) is 6.54 Å². The standard InChI is InChI=1S/C10H17N3S/c1-10(2)4-3-5-13(10)9-12-7-8(6-11)14-9/h7H,3-6,11H2,1-2H3. The average Bonchev–Trinajstić information content (AvgIpc) is 2.70. The van der Waals surface area contributed by atoms with Crippen LogP contribution in [-0.4, -0.2) is 17.1 Å². The van der Waals surface area contributed by atoms with Gasteiger partial charge in [0.15, 0.2) is 5.13 Å². The highest BCUT2D eigenvalue weighted by atomic mass is 32.1. The zero-order valence-corrected chi connectivity index (χ0v) is 9.60. The zero-order chi connectivity index (χ0) is 10.2. The number of anilines is 1. The van der Waals surface area contributed by atoms with Gasteiger partial charge in [0.1, 0.15) is 0 Å². The summed E-state index contributed by atoms with van der Waals surface area (Å²) in [5.41, 5.74) is 5.85. The summed E-state index contributed by atoms with van der Waals surface area (Å²) in [6.07, 6.45) is 4.42. The van der Waals surface area contributed by atoms with Gasteiger partial charge in [0, 0.05) is 29.7 Å². The molecule has 0 unspecified atom stereocenters. The lowest BCUT2D eigenvalue weighted by Gasteiger charge is -2.31. The Kier molecular flexibility index (Phi) is 2.49. The van der Waals surface area contributed by atoms with E-state index in [9.17, 15) is 0 Å². The molecule has 0 aliphatic carbocycles. The highest BCUT2D eigenvalue weighted by Gasteiger charge is 2.33. The van der Waals surface area contributed by atoms with Crippen molar-refractivity contribution < 1.29 is 0 Å². The molecule has 0 aromatic carbocycles. The van der Waals surface area contributed by atoms with Crippen LogP contribution in [0.25, 0.3) is 0 Å². The van der Waals surface area contributed by atoms with E-state index in [1.54, 1.807) is 11.3 Å². The first-order chi connectivity index (χ1) is 6.63. The molecule has 3 nitrogen and oxygen atoms in total. The van der Waals surface area contributed by atoms with Gasteiger partial charge in [-0.2, -0.15) is 0 Å². The molecule has 0 bridgehead atoms. The summed E-state index contributed by atoms with van der Waals surface area (Å²) in [4.78, 5) is 8.00. The number of nitrogens with two attached hydrogens (primary N) is 1. The Bertz CT molecular complexity index is 319. The number of nitrogens with zero attached hydrogens (tertiary/aromatic N) is 2. The number of hydrogen-bond donors (Lipinski definition) is 1. The maximum Gasteiger partial charge on any atom is 0.185 e. The van der Waals surface area contributed by atoms with Gasteiger partial charge in [0.25, 0.3) is 0 Å². The summed E-state index contributed by atoms with van der Waals surface area (Å²) in [5, 5.41) is 1.13. The Morgan fingerprint density at radius 2 is 2.43 bits per heavy atom. The molecule has 0 amide bonds. The quantitative estimate of drug-likeness (QED) is 0.813. The lowest BCUT2D eigenvalue weighted by Crippen LogP contribution is -2.37. The van der Waals surface area contributed by atoms with Gasteiger partial charge in [-0.15, -0.1) is 11.3 Å². The van der Waals surface area contributed by atoms with Crippen molar-refractivity contribution in [2.45, 2.75) is 38.8 Å². The molecule has 4 heteroatoms. The fraction of sp³-hybridized carbons (Fsp3) is 0.700. The van der Waals surface area contributed by atoms with Crippen LogP contribution in [0.2, 0.25) is 0 Å². The van der Waals surface area contributed by atoms with Crippen LogP contribution in [-0.2, 0) is 6.54 Å². The molecule has 2 N–H and O–H groups in total. The van der Waals surface area contributed by atoms with Crippen molar-refractivity contribution in [3.8, 4) is 0 Å². The molecule has 14 heavy (non-hydrogen) atoms. The van der Waals surface area contributed by atoms with Gasteiger partial charge < -0.3 is 10.6 Å². The van der Waals surface area contributed by atoms with Gasteiger partial charge >= 0.3 is 0 Å². The first-order valence-electron chi connectivity index (χ1n) is 5.06. The normalized spacial score (nSPS) is 20.4. The molecule has 1 aromatic heterocycles. The molecule has 2 rings (SSSR count). The molecule has 0 atom stereocenters. The molecular weight excluding hydrogens is 194 g/mol. The van der Waals surface area contributed by atoms with Gasteiger partial charge in [0.05, 0.1) is 0 Å². The third-order valence-corrected chi connectivity index (χ3v) is 3.92. The minimum absolute atomic E-state index is 0.268. The van der Waals surface area contributed by atoms with E-state index in [0.717, 1.165) is 11.7 Å². The fourth-order valence-corrected chi connectivity index (χ4v) is 2.96. The van der Waals surface area contributed by atoms with Crippen molar-refractivity contribution in [3.05, 3.63) is 11.1 Å². The van der Waals surface area contributed by atoms with Crippen LogP contribution >= 0.6 is 11.3 Å². The summed E-state index contributed by atoms with van der Waals surface area (Å²) in [5.74, 6) is 0. The van der Waals surface area contributed by atoms with E-state index in [1.807, 2.05) is 6.20 Å². The van der Waals surface area contributed by atoms with Crippen LogP contribution < -0.4 is 10.6 Å². The second-order valence-electron chi connectivity index (χ2n) is 4.38. The van der Waals surface area contributed by atoms with Crippen molar-refractivity contribution in [2.75, 3.05) is 11.4 Å². The Morgan fingerprint density at radius 3 is 2.93 bits per heavy atom. The van der Waals surface area contributed by atoms with Gasteiger partial charge in [-0.05, 0) is 26.7 Å². The maximum atomic E-state index is 5.58. The highest BCUT2D eigenvalue weighted by molar-refractivity contribution is 7.15. The van der Waals surface area contributed by atoms with Crippen LogP contribution in [0.5, 0.6) is 0 Å². The van der Waals surface area contributed by atoms with Crippen LogP contribution in [0, 0.1) is 0 Å². The first-order valence-corrected chi connectivity index (χ1v) is 5.87. The van der Waals surface area contributed by atoms with Gasteiger partial charge in [-0.3, -0.25) is 0 Å². The molecule has 0 radical (unpaired) electrons. The molecule has 1 saturated heterocycles. The number of rotatable bonds is 2. The third-order valence-electron chi connectivity index (χ3n) is 2.87.